The minimum Gasteiger partial charge on any atom is -0.466 e. The molecule has 0 saturated carbocycles. The molecular formula is C21H27N3O4. The summed E-state index contributed by atoms with van der Waals surface area (Å²) < 4.78 is 10.7. The number of nitrogens with zero attached hydrogens (tertiary/aromatic N) is 2. The molecule has 1 aromatic heterocycles. The number of rotatable bonds is 7. The fourth-order valence-corrected chi connectivity index (χ4v) is 3.04. The van der Waals surface area contributed by atoms with Crippen LogP contribution in [0.25, 0.3) is 0 Å². The number of benzene rings is 1. The van der Waals surface area contributed by atoms with Crippen molar-refractivity contribution in [2.45, 2.75) is 20.8 Å². The van der Waals surface area contributed by atoms with Crippen molar-refractivity contribution in [2.24, 2.45) is 5.16 Å². The normalized spacial score (nSPS) is 15.5. The second kappa shape index (κ2) is 9.52. The summed E-state index contributed by atoms with van der Waals surface area (Å²) in [5.41, 5.74) is 3.00. The quantitative estimate of drug-likeness (QED) is 0.450. The molecule has 1 saturated heterocycles. The van der Waals surface area contributed by atoms with Crippen LogP contribution < -0.4 is 5.32 Å². The second-order valence-corrected chi connectivity index (χ2v) is 6.82. The molecule has 28 heavy (non-hydrogen) atoms. The Balaban J connectivity index is 1.50. The molecule has 3 rings (SSSR count). The Morgan fingerprint density at radius 3 is 2.57 bits per heavy atom. The third kappa shape index (κ3) is 5.43. The maximum Gasteiger partial charge on any atom is 0.259 e. The van der Waals surface area contributed by atoms with Crippen molar-refractivity contribution in [3.05, 3.63) is 53.0 Å². The number of carbonyl (C=O) groups excluding carboxylic acids is 1. The van der Waals surface area contributed by atoms with Gasteiger partial charge in [-0.3, -0.25) is 9.69 Å². The number of furan rings is 1. The van der Waals surface area contributed by atoms with E-state index in [0.717, 1.165) is 49.9 Å². The van der Waals surface area contributed by atoms with E-state index in [4.69, 9.17) is 14.0 Å². The van der Waals surface area contributed by atoms with Crippen LogP contribution in [-0.2, 0) is 9.57 Å². The van der Waals surface area contributed by atoms with Crippen LogP contribution in [0.5, 0.6) is 0 Å². The minimum absolute atomic E-state index is 0.182. The van der Waals surface area contributed by atoms with E-state index in [-0.39, 0.29) is 5.91 Å². The molecule has 1 fully saturated rings. The summed E-state index contributed by atoms with van der Waals surface area (Å²) in [6, 6.07) is 9.26. The van der Waals surface area contributed by atoms with Gasteiger partial charge in [0.25, 0.3) is 5.91 Å². The fourth-order valence-electron chi connectivity index (χ4n) is 3.04. The molecule has 7 heteroatoms. The summed E-state index contributed by atoms with van der Waals surface area (Å²) in [6.07, 6.45) is 0. The number of hydrogen-bond donors (Lipinski definition) is 1. The predicted octanol–water partition coefficient (Wildman–Crippen LogP) is 3.22. The highest BCUT2D eigenvalue weighted by Gasteiger charge is 2.14. The van der Waals surface area contributed by atoms with E-state index in [1.165, 1.54) is 0 Å². The summed E-state index contributed by atoms with van der Waals surface area (Å²) in [5.74, 6) is 1.15. The van der Waals surface area contributed by atoms with Gasteiger partial charge in [-0.15, -0.1) is 0 Å². The summed E-state index contributed by atoms with van der Waals surface area (Å²) in [6.45, 7) is 10.4. The highest BCUT2D eigenvalue weighted by molar-refractivity contribution is 6.05. The molecule has 0 aliphatic carbocycles. The SMILES string of the molecule is C/C(=N/OCCN1CCOCC1)c1ccc(NC(=O)c2cc(C)oc2C)cc1. The Morgan fingerprint density at radius 2 is 1.93 bits per heavy atom. The van der Waals surface area contributed by atoms with Crippen LogP contribution in [0.2, 0.25) is 0 Å². The molecular weight excluding hydrogens is 358 g/mol. The van der Waals surface area contributed by atoms with E-state index in [1.807, 2.05) is 38.1 Å². The zero-order valence-corrected chi connectivity index (χ0v) is 16.7. The highest BCUT2D eigenvalue weighted by atomic mass is 16.6. The van der Waals surface area contributed by atoms with Crippen molar-refractivity contribution in [1.82, 2.24) is 4.90 Å². The predicted molar refractivity (Wildman–Crippen MR) is 108 cm³/mol. The van der Waals surface area contributed by atoms with Crippen molar-refractivity contribution in [1.29, 1.82) is 0 Å². The highest BCUT2D eigenvalue weighted by Crippen LogP contribution is 2.17. The Labute approximate surface area is 165 Å². The number of anilines is 1. The van der Waals surface area contributed by atoms with Crippen LogP contribution in [0.3, 0.4) is 0 Å². The first kappa shape index (κ1) is 20.1. The van der Waals surface area contributed by atoms with Gasteiger partial charge in [-0.1, -0.05) is 17.3 Å². The largest absolute Gasteiger partial charge is 0.466 e. The Bertz CT molecular complexity index is 821. The van der Waals surface area contributed by atoms with E-state index in [2.05, 4.69) is 15.4 Å². The molecule has 2 aromatic rings. The minimum atomic E-state index is -0.182. The van der Waals surface area contributed by atoms with E-state index in [9.17, 15) is 4.79 Å². The number of carbonyl (C=O) groups is 1. The van der Waals surface area contributed by atoms with Crippen molar-refractivity contribution in [2.75, 3.05) is 44.8 Å². The lowest BCUT2D eigenvalue weighted by Crippen LogP contribution is -2.38. The molecule has 1 N–H and O–H groups in total. The van der Waals surface area contributed by atoms with Gasteiger partial charge in [-0.05, 0) is 44.5 Å². The monoisotopic (exact) mass is 385 g/mol. The van der Waals surface area contributed by atoms with Crippen LogP contribution in [0, 0.1) is 13.8 Å². The van der Waals surface area contributed by atoms with Crippen LogP contribution >= 0.6 is 0 Å². The number of nitrogens with one attached hydrogen (secondary N) is 1. The molecule has 0 radical (unpaired) electrons. The summed E-state index contributed by atoms with van der Waals surface area (Å²) in [4.78, 5) is 20.1. The molecule has 0 bridgehead atoms. The summed E-state index contributed by atoms with van der Waals surface area (Å²) in [7, 11) is 0. The molecule has 1 amide bonds. The number of hydrogen-bond acceptors (Lipinski definition) is 6. The summed E-state index contributed by atoms with van der Waals surface area (Å²) >= 11 is 0. The molecule has 1 aliphatic heterocycles. The van der Waals surface area contributed by atoms with Crippen LogP contribution in [0.4, 0.5) is 5.69 Å². The fraction of sp³-hybridized carbons (Fsp3) is 0.429. The van der Waals surface area contributed by atoms with Gasteiger partial charge < -0.3 is 19.3 Å². The van der Waals surface area contributed by atoms with Crippen molar-refractivity contribution < 1.29 is 18.8 Å². The average Bonchev–Trinajstić information content (AvgIpc) is 3.04. The van der Waals surface area contributed by atoms with Crippen molar-refractivity contribution in [3.63, 3.8) is 0 Å². The standard InChI is InChI=1S/C21H27N3O4/c1-15-14-20(17(3)28-15)21(25)22-19-6-4-18(5-7-19)16(2)23-27-13-10-24-8-11-26-12-9-24/h4-7,14H,8-13H2,1-3H3,(H,22,25)/b23-16-. The number of aryl methyl sites for hydroxylation is 2. The van der Waals surface area contributed by atoms with E-state index < -0.39 is 0 Å². The van der Waals surface area contributed by atoms with Gasteiger partial charge in [0.2, 0.25) is 0 Å². The molecule has 1 aromatic carbocycles. The zero-order valence-electron chi connectivity index (χ0n) is 16.7. The lowest BCUT2D eigenvalue weighted by atomic mass is 10.1. The van der Waals surface area contributed by atoms with E-state index in [1.54, 1.807) is 13.0 Å². The molecule has 7 nitrogen and oxygen atoms in total. The van der Waals surface area contributed by atoms with Gasteiger partial charge in [0.15, 0.2) is 0 Å². The number of oxime groups is 1. The first-order chi connectivity index (χ1) is 13.5. The lowest BCUT2D eigenvalue weighted by Gasteiger charge is -2.25. The third-order valence-corrected chi connectivity index (χ3v) is 4.65. The number of ether oxygens (including phenoxy) is 1. The van der Waals surface area contributed by atoms with Gasteiger partial charge in [0, 0.05) is 25.3 Å². The van der Waals surface area contributed by atoms with Gasteiger partial charge in [-0.2, -0.15) is 0 Å². The van der Waals surface area contributed by atoms with Crippen LogP contribution in [0.1, 0.15) is 34.4 Å². The smallest absolute Gasteiger partial charge is 0.259 e. The molecule has 1 aliphatic rings. The number of morpholine rings is 1. The maximum atomic E-state index is 12.3. The molecule has 0 unspecified atom stereocenters. The van der Waals surface area contributed by atoms with E-state index >= 15 is 0 Å². The van der Waals surface area contributed by atoms with Crippen LogP contribution in [0.15, 0.2) is 39.9 Å². The maximum absolute atomic E-state index is 12.3. The van der Waals surface area contributed by atoms with Gasteiger partial charge in [0.1, 0.15) is 18.1 Å². The molecule has 0 spiro atoms. The zero-order chi connectivity index (χ0) is 19.9. The van der Waals surface area contributed by atoms with Crippen molar-refractivity contribution in [3.8, 4) is 0 Å². The third-order valence-electron chi connectivity index (χ3n) is 4.65. The average molecular weight is 385 g/mol. The second-order valence-electron chi connectivity index (χ2n) is 6.82. The molecule has 0 atom stereocenters. The molecule has 150 valence electrons. The first-order valence-electron chi connectivity index (χ1n) is 9.48. The summed E-state index contributed by atoms with van der Waals surface area (Å²) in [5, 5.41) is 7.07. The molecule has 2 heterocycles. The first-order valence-corrected chi connectivity index (χ1v) is 9.48. The van der Waals surface area contributed by atoms with Gasteiger partial charge in [0.05, 0.1) is 24.5 Å². The van der Waals surface area contributed by atoms with Gasteiger partial charge in [-0.25, -0.2) is 0 Å². The van der Waals surface area contributed by atoms with E-state index in [0.29, 0.717) is 23.6 Å². The van der Waals surface area contributed by atoms with Crippen molar-refractivity contribution >= 4 is 17.3 Å². The van der Waals surface area contributed by atoms with Gasteiger partial charge >= 0.3 is 0 Å². The Hall–Kier alpha value is -2.64. The Kier molecular flexibility index (Phi) is 6.84. The van der Waals surface area contributed by atoms with Crippen LogP contribution in [-0.4, -0.2) is 56.0 Å². The lowest BCUT2D eigenvalue weighted by molar-refractivity contribution is 0.0212. The topological polar surface area (TPSA) is 76.3 Å². The Morgan fingerprint density at radius 1 is 1.21 bits per heavy atom. The number of amides is 1.